The van der Waals surface area contributed by atoms with Crippen LogP contribution in [-0.4, -0.2) is 0 Å². The van der Waals surface area contributed by atoms with Crippen LogP contribution in [-0.2, 0) is 11.8 Å². The van der Waals surface area contributed by atoms with E-state index in [0.29, 0.717) is 12.0 Å². The van der Waals surface area contributed by atoms with Crippen LogP contribution >= 0.6 is 0 Å². The summed E-state index contributed by atoms with van der Waals surface area (Å²) in [6.07, 6.45) is 0.613. The molecular formula is C19H22F2. The third kappa shape index (κ3) is 3.90. The van der Waals surface area contributed by atoms with E-state index in [9.17, 15) is 8.78 Å². The van der Waals surface area contributed by atoms with Gasteiger partial charge >= 0.3 is 0 Å². The van der Waals surface area contributed by atoms with Gasteiger partial charge in [0.05, 0.1) is 0 Å². The van der Waals surface area contributed by atoms with Crippen molar-refractivity contribution in [2.24, 2.45) is 0 Å². The largest absolute Gasteiger partial charge is 0.207 e. The van der Waals surface area contributed by atoms with Crippen molar-refractivity contribution in [3.8, 4) is 0 Å². The smallest absolute Gasteiger partial charge is 0.126 e. The van der Waals surface area contributed by atoms with Gasteiger partial charge in [-0.15, -0.1) is 0 Å². The van der Waals surface area contributed by atoms with E-state index in [4.69, 9.17) is 0 Å². The Balaban J connectivity index is 2.18. The molecule has 0 aliphatic carbocycles. The van der Waals surface area contributed by atoms with E-state index in [1.165, 1.54) is 12.1 Å². The molecule has 0 N–H and O–H groups in total. The number of rotatable bonds is 3. The van der Waals surface area contributed by atoms with Crippen molar-refractivity contribution in [1.82, 2.24) is 0 Å². The minimum absolute atomic E-state index is 0.0536. The number of hydrogen-bond acceptors (Lipinski definition) is 0. The maximum Gasteiger partial charge on any atom is 0.126 e. The zero-order valence-electron chi connectivity index (χ0n) is 13.1. The molecule has 0 amide bonds. The van der Waals surface area contributed by atoms with E-state index in [1.54, 1.807) is 18.2 Å². The molecule has 2 rings (SSSR count). The molecule has 0 aliphatic heterocycles. The third-order valence-electron chi connectivity index (χ3n) is 3.88. The lowest BCUT2D eigenvalue weighted by Gasteiger charge is -2.20. The standard InChI is InChI=1S/C19H22F2/c1-13(14-6-9-17(20)10-7-14)11-15-5-8-16(12-18(15)21)19(2,3)4/h5-10,12-13H,11H2,1-4H3. The second-order valence-corrected chi connectivity index (χ2v) is 6.71. The summed E-state index contributed by atoms with van der Waals surface area (Å²) in [6.45, 7) is 8.25. The second-order valence-electron chi connectivity index (χ2n) is 6.71. The molecule has 0 radical (unpaired) electrons. The van der Waals surface area contributed by atoms with Crippen LogP contribution in [0.2, 0.25) is 0 Å². The van der Waals surface area contributed by atoms with E-state index in [-0.39, 0.29) is 23.0 Å². The molecule has 0 fully saturated rings. The fourth-order valence-corrected chi connectivity index (χ4v) is 2.42. The Morgan fingerprint density at radius 3 is 2.10 bits per heavy atom. The maximum absolute atomic E-state index is 14.3. The van der Waals surface area contributed by atoms with E-state index in [1.807, 2.05) is 19.1 Å². The Kier molecular flexibility index (Phi) is 4.46. The molecule has 21 heavy (non-hydrogen) atoms. The van der Waals surface area contributed by atoms with Crippen molar-refractivity contribution >= 4 is 0 Å². The van der Waals surface area contributed by atoms with Crippen LogP contribution in [0.5, 0.6) is 0 Å². The molecule has 0 aromatic heterocycles. The first-order valence-corrected chi connectivity index (χ1v) is 7.32. The average molecular weight is 288 g/mol. The minimum atomic E-state index is -0.244. The molecule has 1 atom stereocenters. The molecule has 2 aromatic carbocycles. The van der Waals surface area contributed by atoms with Crippen molar-refractivity contribution in [2.75, 3.05) is 0 Å². The van der Waals surface area contributed by atoms with Gasteiger partial charge < -0.3 is 0 Å². The van der Waals surface area contributed by atoms with Gasteiger partial charge in [-0.3, -0.25) is 0 Å². The molecule has 112 valence electrons. The first-order valence-electron chi connectivity index (χ1n) is 7.32. The van der Waals surface area contributed by atoms with Crippen LogP contribution < -0.4 is 0 Å². The zero-order valence-corrected chi connectivity index (χ0v) is 13.1. The maximum atomic E-state index is 14.3. The third-order valence-corrected chi connectivity index (χ3v) is 3.88. The van der Waals surface area contributed by atoms with E-state index < -0.39 is 0 Å². The lowest BCUT2D eigenvalue weighted by molar-refractivity contribution is 0.561. The first kappa shape index (κ1) is 15.7. The fourth-order valence-electron chi connectivity index (χ4n) is 2.42. The van der Waals surface area contributed by atoms with Crippen LogP contribution in [0.3, 0.4) is 0 Å². The van der Waals surface area contributed by atoms with Crippen molar-refractivity contribution in [3.05, 3.63) is 70.8 Å². The lowest BCUT2D eigenvalue weighted by Crippen LogP contribution is -2.12. The molecule has 1 unspecified atom stereocenters. The highest BCUT2D eigenvalue weighted by Gasteiger charge is 2.17. The Hall–Kier alpha value is -1.70. The summed E-state index contributed by atoms with van der Waals surface area (Å²) in [6, 6.07) is 11.9. The van der Waals surface area contributed by atoms with E-state index in [2.05, 4.69) is 20.8 Å². The summed E-state index contributed by atoms with van der Waals surface area (Å²) < 4.78 is 27.2. The van der Waals surface area contributed by atoms with Gasteiger partial charge in [0.1, 0.15) is 11.6 Å². The predicted octanol–water partition coefficient (Wildman–Crippen LogP) is 5.61. The van der Waals surface area contributed by atoms with Crippen molar-refractivity contribution in [1.29, 1.82) is 0 Å². The summed E-state index contributed by atoms with van der Waals surface area (Å²) in [7, 11) is 0. The van der Waals surface area contributed by atoms with Gasteiger partial charge in [-0.05, 0) is 52.6 Å². The monoisotopic (exact) mass is 288 g/mol. The van der Waals surface area contributed by atoms with Gasteiger partial charge in [0.2, 0.25) is 0 Å². The molecule has 2 heteroatoms. The lowest BCUT2D eigenvalue weighted by atomic mass is 9.85. The van der Waals surface area contributed by atoms with Crippen LogP contribution in [0.1, 0.15) is 50.3 Å². The Morgan fingerprint density at radius 1 is 0.952 bits per heavy atom. The summed E-state index contributed by atoms with van der Waals surface area (Å²) in [5.41, 5.74) is 2.68. The van der Waals surface area contributed by atoms with Gasteiger partial charge in [0.25, 0.3) is 0 Å². The number of halogens is 2. The van der Waals surface area contributed by atoms with Crippen LogP contribution in [0, 0.1) is 11.6 Å². The molecular weight excluding hydrogens is 266 g/mol. The van der Waals surface area contributed by atoms with Crippen LogP contribution in [0.25, 0.3) is 0 Å². The SMILES string of the molecule is CC(Cc1ccc(C(C)(C)C)cc1F)c1ccc(F)cc1. The topological polar surface area (TPSA) is 0 Å². The fraction of sp³-hybridized carbons (Fsp3) is 0.368. The van der Waals surface area contributed by atoms with Gasteiger partial charge in [-0.1, -0.05) is 52.0 Å². The van der Waals surface area contributed by atoms with Crippen molar-refractivity contribution in [2.45, 2.75) is 45.4 Å². The van der Waals surface area contributed by atoms with Crippen molar-refractivity contribution < 1.29 is 8.78 Å². The zero-order chi connectivity index (χ0) is 15.6. The highest BCUT2D eigenvalue weighted by atomic mass is 19.1. The van der Waals surface area contributed by atoms with Gasteiger partial charge in [-0.25, -0.2) is 8.78 Å². The van der Waals surface area contributed by atoms with Crippen molar-refractivity contribution in [3.63, 3.8) is 0 Å². The van der Waals surface area contributed by atoms with Gasteiger partial charge in [-0.2, -0.15) is 0 Å². The Bertz CT molecular complexity index is 606. The van der Waals surface area contributed by atoms with Crippen LogP contribution in [0.15, 0.2) is 42.5 Å². The summed E-state index contributed by atoms with van der Waals surface area (Å²) >= 11 is 0. The van der Waals surface area contributed by atoms with Gasteiger partial charge in [0.15, 0.2) is 0 Å². The molecule has 2 aromatic rings. The Labute approximate surface area is 125 Å². The second kappa shape index (κ2) is 5.97. The first-order chi connectivity index (χ1) is 9.77. The molecule has 0 aliphatic rings. The summed E-state index contributed by atoms with van der Waals surface area (Å²) in [5, 5.41) is 0. The molecule has 0 saturated heterocycles. The van der Waals surface area contributed by atoms with E-state index >= 15 is 0 Å². The van der Waals surface area contributed by atoms with Crippen LogP contribution in [0.4, 0.5) is 8.78 Å². The highest BCUT2D eigenvalue weighted by Crippen LogP contribution is 2.27. The van der Waals surface area contributed by atoms with Gasteiger partial charge in [0, 0.05) is 0 Å². The molecule has 0 nitrogen and oxygen atoms in total. The summed E-state index contributed by atoms with van der Waals surface area (Å²) in [4.78, 5) is 0. The number of hydrogen-bond donors (Lipinski definition) is 0. The molecule has 0 saturated carbocycles. The predicted molar refractivity (Wildman–Crippen MR) is 83.6 cm³/mol. The molecule has 0 heterocycles. The number of benzene rings is 2. The summed E-state index contributed by atoms with van der Waals surface area (Å²) in [5.74, 6) is -0.247. The average Bonchev–Trinajstić information content (AvgIpc) is 2.40. The highest BCUT2D eigenvalue weighted by molar-refractivity contribution is 5.31. The Morgan fingerprint density at radius 2 is 1.57 bits per heavy atom. The molecule has 0 spiro atoms. The van der Waals surface area contributed by atoms with E-state index in [0.717, 1.165) is 11.1 Å². The molecule has 0 bridgehead atoms. The minimum Gasteiger partial charge on any atom is -0.207 e. The normalized spacial score (nSPS) is 13.2. The quantitative estimate of drug-likeness (QED) is 0.688.